The normalized spacial score (nSPS) is 12.1. The van der Waals surface area contributed by atoms with Gasteiger partial charge in [0.2, 0.25) is 5.71 Å². The molecule has 39 heavy (non-hydrogen) atoms. The van der Waals surface area contributed by atoms with Crippen molar-refractivity contribution in [3.05, 3.63) is 113 Å². The Bertz CT molecular complexity index is 1830. The molecule has 4 aromatic heterocycles. The number of para-hydroxylation sites is 1. The first-order valence-electron chi connectivity index (χ1n) is 13.6. The highest BCUT2D eigenvalue weighted by molar-refractivity contribution is 6.08. The zero-order chi connectivity index (χ0) is 27.3. The molecule has 0 bridgehead atoms. The van der Waals surface area contributed by atoms with Crippen molar-refractivity contribution in [3.63, 3.8) is 0 Å². The summed E-state index contributed by atoms with van der Waals surface area (Å²) in [6, 6.07) is 29.5. The molecule has 0 saturated heterocycles. The summed E-state index contributed by atoms with van der Waals surface area (Å²) in [5.74, 6) is 0.336. The summed E-state index contributed by atoms with van der Waals surface area (Å²) >= 11 is 0. The molecule has 0 amide bonds. The molecule has 0 fully saturated rings. The van der Waals surface area contributed by atoms with Gasteiger partial charge in [-0.05, 0) is 87.2 Å². The van der Waals surface area contributed by atoms with Gasteiger partial charge >= 0.3 is 0 Å². The summed E-state index contributed by atoms with van der Waals surface area (Å²) in [7, 11) is 0. The maximum Gasteiger partial charge on any atom is 0.227 e. The predicted octanol–water partition coefficient (Wildman–Crippen LogP) is 9.17. The number of aryl methyl sites for hydroxylation is 2. The van der Waals surface area contributed by atoms with E-state index in [1.165, 1.54) is 5.56 Å². The van der Waals surface area contributed by atoms with Crippen LogP contribution in [0.3, 0.4) is 0 Å². The Morgan fingerprint density at radius 1 is 0.667 bits per heavy atom. The third-order valence-electron chi connectivity index (χ3n) is 7.54. The molecule has 6 aromatic rings. The third-order valence-corrected chi connectivity index (χ3v) is 7.54. The Hall–Kier alpha value is -4.31. The first-order chi connectivity index (χ1) is 18.7. The fourth-order valence-corrected chi connectivity index (χ4v) is 5.22. The minimum atomic E-state index is -0.411. The zero-order valence-corrected chi connectivity index (χ0v) is 23.4. The Morgan fingerprint density at radius 3 is 2.03 bits per heavy atom. The first-order valence-corrected chi connectivity index (χ1v) is 13.6. The molecule has 4 nitrogen and oxygen atoms in total. The molecule has 0 aliphatic heterocycles. The van der Waals surface area contributed by atoms with Crippen LogP contribution in [0.4, 0.5) is 0 Å². The SMILES string of the molecule is Cc1cc(-c2ccccc2)nc(C(C)(C)c2cc(C)cc(-c3cccc4c3oc3nc(C(C)C)ccc34)n2)c1. The molecule has 0 spiro atoms. The average molecular weight is 512 g/mol. The van der Waals surface area contributed by atoms with Gasteiger partial charge in [0.05, 0.1) is 22.8 Å². The van der Waals surface area contributed by atoms with Crippen LogP contribution in [0.2, 0.25) is 0 Å². The highest BCUT2D eigenvalue weighted by atomic mass is 16.3. The average Bonchev–Trinajstić information content (AvgIpc) is 3.31. The molecule has 0 aliphatic carbocycles. The van der Waals surface area contributed by atoms with Crippen LogP contribution in [0, 0.1) is 13.8 Å². The lowest BCUT2D eigenvalue weighted by Gasteiger charge is -2.26. The lowest BCUT2D eigenvalue weighted by molar-refractivity contribution is 0.595. The van der Waals surface area contributed by atoms with E-state index >= 15 is 0 Å². The van der Waals surface area contributed by atoms with Crippen molar-refractivity contribution in [1.82, 2.24) is 15.0 Å². The fraction of sp³-hybridized carbons (Fsp3) is 0.229. The van der Waals surface area contributed by atoms with E-state index in [0.29, 0.717) is 11.6 Å². The summed E-state index contributed by atoms with van der Waals surface area (Å²) in [6.45, 7) is 13.0. The summed E-state index contributed by atoms with van der Waals surface area (Å²) in [6.07, 6.45) is 0. The second-order valence-electron chi connectivity index (χ2n) is 11.3. The summed E-state index contributed by atoms with van der Waals surface area (Å²) in [4.78, 5) is 15.2. The lowest BCUT2D eigenvalue weighted by atomic mass is 9.83. The van der Waals surface area contributed by atoms with Gasteiger partial charge in [0.1, 0.15) is 5.58 Å². The second-order valence-corrected chi connectivity index (χ2v) is 11.3. The van der Waals surface area contributed by atoms with Crippen molar-refractivity contribution < 1.29 is 4.42 Å². The topological polar surface area (TPSA) is 51.8 Å². The van der Waals surface area contributed by atoms with Crippen molar-refractivity contribution in [3.8, 4) is 22.5 Å². The van der Waals surface area contributed by atoms with Crippen LogP contribution in [0.25, 0.3) is 44.6 Å². The van der Waals surface area contributed by atoms with Crippen LogP contribution < -0.4 is 0 Å². The van der Waals surface area contributed by atoms with Gasteiger partial charge in [0, 0.05) is 33.0 Å². The van der Waals surface area contributed by atoms with Gasteiger partial charge < -0.3 is 4.42 Å². The van der Waals surface area contributed by atoms with Crippen LogP contribution >= 0.6 is 0 Å². The molecule has 4 heterocycles. The molecular weight excluding hydrogens is 478 g/mol. The van der Waals surface area contributed by atoms with E-state index < -0.39 is 5.41 Å². The van der Waals surface area contributed by atoms with Crippen molar-refractivity contribution in [1.29, 1.82) is 0 Å². The van der Waals surface area contributed by atoms with E-state index in [1.54, 1.807) is 0 Å². The van der Waals surface area contributed by atoms with E-state index in [9.17, 15) is 0 Å². The Labute approximate surface area is 229 Å². The Balaban J connectivity index is 1.48. The summed E-state index contributed by atoms with van der Waals surface area (Å²) < 4.78 is 6.40. The lowest BCUT2D eigenvalue weighted by Crippen LogP contribution is -2.23. The smallest absolute Gasteiger partial charge is 0.227 e. The van der Waals surface area contributed by atoms with Crippen molar-refractivity contribution in [2.75, 3.05) is 0 Å². The number of hydrogen-bond acceptors (Lipinski definition) is 4. The van der Waals surface area contributed by atoms with Gasteiger partial charge in [-0.1, -0.05) is 56.3 Å². The molecule has 0 N–H and O–H groups in total. The first kappa shape index (κ1) is 25.0. The maximum atomic E-state index is 6.40. The van der Waals surface area contributed by atoms with Crippen molar-refractivity contribution >= 4 is 22.1 Å². The van der Waals surface area contributed by atoms with Crippen LogP contribution in [-0.4, -0.2) is 15.0 Å². The van der Waals surface area contributed by atoms with Gasteiger partial charge in [-0.15, -0.1) is 0 Å². The van der Waals surface area contributed by atoms with E-state index in [2.05, 4.69) is 120 Å². The van der Waals surface area contributed by atoms with Crippen molar-refractivity contribution in [2.45, 2.75) is 52.9 Å². The highest BCUT2D eigenvalue weighted by Crippen LogP contribution is 2.38. The molecule has 0 saturated carbocycles. The van der Waals surface area contributed by atoms with E-state index in [-0.39, 0.29) is 0 Å². The van der Waals surface area contributed by atoms with E-state index in [4.69, 9.17) is 19.4 Å². The largest absolute Gasteiger partial charge is 0.437 e. The van der Waals surface area contributed by atoms with Crippen molar-refractivity contribution in [2.24, 2.45) is 0 Å². The molecule has 4 heteroatoms. The van der Waals surface area contributed by atoms with Gasteiger partial charge in [0.25, 0.3) is 0 Å². The van der Waals surface area contributed by atoms with E-state index in [0.717, 1.165) is 61.5 Å². The van der Waals surface area contributed by atoms with Crippen LogP contribution in [0.1, 0.15) is 61.8 Å². The second kappa shape index (κ2) is 9.46. The van der Waals surface area contributed by atoms with E-state index in [1.807, 2.05) is 6.07 Å². The predicted molar refractivity (Wildman–Crippen MR) is 160 cm³/mol. The molecule has 2 aromatic carbocycles. The monoisotopic (exact) mass is 511 g/mol. The molecule has 0 unspecified atom stereocenters. The summed E-state index contributed by atoms with van der Waals surface area (Å²) in [5.41, 5.74) is 10.4. The van der Waals surface area contributed by atoms with Crippen LogP contribution in [-0.2, 0) is 5.41 Å². The van der Waals surface area contributed by atoms with Gasteiger partial charge in [0.15, 0.2) is 0 Å². The third kappa shape index (κ3) is 4.50. The molecule has 0 atom stereocenters. The van der Waals surface area contributed by atoms with Gasteiger partial charge in [-0.2, -0.15) is 0 Å². The number of hydrogen-bond donors (Lipinski definition) is 0. The molecule has 194 valence electrons. The minimum Gasteiger partial charge on any atom is -0.437 e. The molecule has 0 radical (unpaired) electrons. The molecule has 6 rings (SSSR count). The van der Waals surface area contributed by atoms with Crippen LogP contribution in [0.5, 0.6) is 0 Å². The molecule has 0 aliphatic rings. The fourth-order valence-electron chi connectivity index (χ4n) is 5.22. The highest BCUT2D eigenvalue weighted by Gasteiger charge is 2.28. The Kier molecular flexibility index (Phi) is 6.06. The number of nitrogens with zero attached hydrogens (tertiary/aromatic N) is 3. The van der Waals surface area contributed by atoms with Gasteiger partial charge in [-0.25, -0.2) is 4.98 Å². The Morgan fingerprint density at radius 2 is 1.33 bits per heavy atom. The standard InChI is InChI=1S/C35H33N3O/c1-21(2)28-16-15-26-25-13-10-14-27(33(25)39-34(26)38-28)30-18-23(4)20-32(37-30)35(5,6)31-19-22(3)17-29(36-31)24-11-8-7-9-12-24/h7-21H,1-6H3. The number of pyridine rings is 3. The quantitative estimate of drug-likeness (QED) is 0.231. The molecular formula is C35H33N3O. The zero-order valence-electron chi connectivity index (χ0n) is 23.4. The van der Waals surface area contributed by atoms with Crippen LogP contribution in [0.15, 0.2) is 89.3 Å². The maximum absolute atomic E-state index is 6.40. The summed E-state index contributed by atoms with van der Waals surface area (Å²) in [5, 5.41) is 2.09. The van der Waals surface area contributed by atoms with Gasteiger partial charge in [-0.3, -0.25) is 9.97 Å². The number of benzene rings is 2. The number of fused-ring (bicyclic) bond motifs is 3. The number of rotatable bonds is 5. The minimum absolute atomic E-state index is 0.336. The number of aromatic nitrogens is 3. The number of furan rings is 1.